The summed E-state index contributed by atoms with van der Waals surface area (Å²) in [5, 5.41) is 3.00. The van der Waals surface area contributed by atoms with Gasteiger partial charge in [0.05, 0.1) is 11.9 Å². The van der Waals surface area contributed by atoms with Gasteiger partial charge in [0.1, 0.15) is 12.6 Å². The minimum Gasteiger partial charge on any atom is -0.354 e. The van der Waals surface area contributed by atoms with Crippen molar-refractivity contribution >= 4 is 27.5 Å². The Hall–Kier alpha value is -3.65. The Labute approximate surface area is 239 Å². The molecule has 3 aromatic rings. The molecule has 8 heteroatoms. The first kappa shape index (κ1) is 30.9. The van der Waals surface area contributed by atoms with E-state index in [9.17, 15) is 18.0 Å². The highest BCUT2D eigenvalue weighted by atomic mass is 32.2. The Balaban J connectivity index is 2.03. The minimum absolute atomic E-state index is 0.169. The third kappa shape index (κ3) is 8.68. The average Bonchev–Trinajstić information content (AvgIpc) is 2.92. The van der Waals surface area contributed by atoms with Crippen molar-refractivity contribution in [1.29, 1.82) is 0 Å². The zero-order chi connectivity index (χ0) is 29.3. The molecule has 40 heavy (non-hydrogen) atoms. The van der Waals surface area contributed by atoms with E-state index in [0.717, 1.165) is 51.2 Å². The second kappa shape index (κ2) is 14.1. The molecule has 0 aliphatic rings. The minimum atomic E-state index is -3.79. The van der Waals surface area contributed by atoms with Crippen LogP contribution in [0.3, 0.4) is 0 Å². The lowest BCUT2D eigenvalue weighted by atomic mass is 10.0. The Morgan fingerprint density at radius 1 is 0.875 bits per heavy atom. The first-order chi connectivity index (χ1) is 19.0. The summed E-state index contributed by atoms with van der Waals surface area (Å²) in [5.41, 5.74) is 5.21. The van der Waals surface area contributed by atoms with Crippen LogP contribution in [0.15, 0.2) is 72.8 Å². The molecule has 2 amide bonds. The molecule has 1 N–H and O–H groups in total. The van der Waals surface area contributed by atoms with Gasteiger partial charge in [-0.2, -0.15) is 0 Å². The molecular weight excluding hydrogens is 522 g/mol. The maximum atomic E-state index is 14.1. The fourth-order valence-corrected chi connectivity index (χ4v) is 5.29. The number of nitrogens with one attached hydrogen (secondary N) is 1. The van der Waals surface area contributed by atoms with Crippen LogP contribution in [0, 0.1) is 20.8 Å². The van der Waals surface area contributed by atoms with Crippen LogP contribution in [0.25, 0.3) is 0 Å². The molecule has 0 radical (unpaired) electrons. The number of amides is 2. The van der Waals surface area contributed by atoms with Gasteiger partial charge < -0.3 is 10.2 Å². The zero-order valence-corrected chi connectivity index (χ0v) is 25.0. The molecular formula is C32H41N3O4S. The van der Waals surface area contributed by atoms with Crippen LogP contribution in [-0.4, -0.2) is 50.5 Å². The third-order valence-corrected chi connectivity index (χ3v) is 8.17. The van der Waals surface area contributed by atoms with Crippen LogP contribution in [-0.2, 0) is 32.6 Å². The van der Waals surface area contributed by atoms with E-state index in [0.29, 0.717) is 18.7 Å². The first-order valence-corrected chi connectivity index (χ1v) is 15.6. The van der Waals surface area contributed by atoms with Crippen LogP contribution in [0.5, 0.6) is 0 Å². The lowest BCUT2D eigenvalue weighted by Crippen LogP contribution is -2.53. The van der Waals surface area contributed by atoms with E-state index in [-0.39, 0.29) is 12.5 Å². The van der Waals surface area contributed by atoms with E-state index < -0.39 is 28.5 Å². The summed E-state index contributed by atoms with van der Waals surface area (Å²) in [7, 11) is -3.79. The van der Waals surface area contributed by atoms with E-state index in [1.807, 2.05) is 88.4 Å². The number of hydrogen-bond acceptors (Lipinski definition) is 4. The summed E-state index contributed by atoms with van der Waals surface area (Å²) in [5.74, 6) is -0.703. The smallest absolute Gasteiger partial charge is 0.244 e. The van der Waals surface area contributed by atoms with Crippen LogP contribution in [0.2, 0.25) is 0 Å². The van der Waals surface area contributed by atoms with Crippen LogP contribution < -0.4 is 9.62 Å². The SMILES string of the molecule is CCCCNC(=O)[C@H](Cc1ccccc1)N(Cc1ccc(C)cc1)C(=O)CN(c1ccc(C)c(C)c1)S(C)(=O)=O. The van der Waals surface area contributed by atoms with Crippen molar-refractivity contribution < 1.29 is 18.0 Å². The molecule has 0 aliphatic carbocycles. The molecule has 3 aromatic carbocycles. The lowest BCUT2D eigenvalue weighted by molar-refractivity contribution is -0.140. The normalized spacial score (nSPS) is 12.0. The summed E-state index contributed by atoms with van der Waals surface area (Å²) >= 11 is 0. The number of aryl methyl sites for hydroxylation is 3. The summed E-state index contributed by atoms with van der Waals surface area (Å²) in [4.78, 5) is 29.2. The summed E-state index contributed by atoms with van der Waals surface area (Å²) < 4.78 is 27.0. The number of hydrogen-bond donors (Lipinski definition) is 1. The number of rotatable bonds is 13. The fraction of sp³-hybridized carbons (Fsp3) is 0.375. The molecule has 0 fully saturated rings. The predicted molar refractivity (Wildman–Crippen MR) is 162 cm³/mol. The van der Waals surface area contributed by atoms with E-state index in [1.54, 1.807) is 12.1 Å². The van der Waals surface area contributed by atoms with Gasteiger partial charge in [-0.15, -0.1) is 0 Å². The summed E-state index contributed by atoms with van der Waals surface area (Å²) in [6.07, 6.45) is 3.15. The number of benzene rings is 3. The van der Waals surface area contributed by atoms with E-state index in [2.05, 4.69) is 5.32 Å². The number of sulfonamides is 1. The Morgan fingerprint density at radius 3 is 2.15 bits per heavy atom. The van der Waals surface area contributed by atoms with Crippen LogP contribution >= 0.6 is 0 Å². The quantitative estimate of drug-likeness (QED) is 0.299. The Bertz CT molecular complexity index is 1390. The molecule has 3 rings (SSSR count). The maximum Gasteiger partial charge on any atom is 0.244 e. The van der Waals surface area contributed by atoms with Crippen molar-refractivity contribution in [2.45, 2.75) is 59.5 Å². The van der Waals surface area contributed by atoms with Crippen LogP contribution in [0.1, 0.15) is 47.6 Å². The van der Waals surface area contributed by atoms with Gasteiger partial charge >= 0.3 is 0 Å². The first-order valence-electron chi connectivity index (χ1n) is 13.7. The molecule has 0 bridgehead atoms. The molecule has 0 heterocycles. The van der Waals surface area contributed by atoms with Crippen LogP contribution in [0.4, 0.5) is 5.69 Å². The molecule has 0 aliphatic heterocycles. The van der Waals surface area contributed by atoms with Gasteiger partial charge in [0, 0.05) is 19.5 Å². The standard InChI is InChI=1S/C32H41N3O4S/c1-6-7-19-33-32(37)30(21-27-11-9-8-10-12-27)34(22-28-16-13-24(2)14-17-28)31(36)23-35(40(5,38)39)29-18-15-25(3)26(4)20-29/h8-18,20,30H,6-7,19,21-23H2,1-5H3,(H,33,37)/t30-/m0/s1. The van der Waals surface area contributed by atoms with Crippen molar-refractivity contribution in [2.24, 2.45) is 0 Å². The van der Waals surface area contributed by atoms with Gasteiger partial charge in [-0.05, 0) is 61.6 Å². The number of nitrogens with zero attached hydrogens (tertiary/aromatic N) is 2. The highest BCUT2D eigenvalue weighted by Crippen LogP contribution is 2.23. The Kier molecular flexibility index (Phi) is 10.9. The van der Waals surface area contributed by atoms with E-state index in [4.69, 9.17) is 0 Å². The van der Waals surface area contributed by atoms with Crippen molar-refractivity contribution in [3.63, 3.8) is 0 Å². The number of anilines is 1. The molecule has 0 aromatic heterocycles. The average molecular weight is 564 g/mol. The second-order valence-electron chi connectivity index (χ2n) is 10.4. The van der Waals surface area contributed by atoms with E-state index in [1.165, 1.54) is 4.90 Å². The van der Waals surface area contributed by atoms with E-state index >= 15 is 0 Å². The number of unbranched alkanes of at least 4 members (excludes halogenated alkanes) is 1. The highest BCUT2D eigenvalue weighted by molar-refractivity contribution is 7.92. The highest BCUT2D eigenvalue weighted by Gasteiger charge is 2.33. The predicted octanol–water partition coefficient (Wildman–Crippen LogP) is 4.93. The largest absolute Gasteiger partial charge is 0.354 e. The number of carbonyl (C=O) groups is 2. The Morgan fingerprint density at radius 2 is 1.55 bits per heavy atom. The monoisotopic (exact) mass is 563 g/mol. The summed E-state index contributed by atoms with van der Waals surface area (Å²) in [6, 6.07) is 21.9. The topological polar surface area (TPSA) is 86.8 Å². The van der Waals surface area contributed by atoms with Crippen molar-refractivity contribution in [3.8, 4) is 0 Å². The zero-order valence-electron chi connectivity index (χ0n) is 24.2. The molecule has 0 saturated heterocycles. The van der Waals surface area contributed by atoms with Gasteiger partial charge in [0.25, 0.3) is 0 Å². The molecule has 0 unspecified atom stereocenters. The van der Waals surface area contributed by atoms with Gasteiger partial charge in [0.2, 0.25) is 21.8 Å². The van der Waals surface area contributed by atoms with Gasteiger partial charge in [-0.3, -0.25) is 13.9 Å². The van der Waals surface area contributed by atoms with Crippen molar-refractivity contribution in [1.82, 2.24) is 10.2 Å². The van der Waals surface area contributed by atoms with Gasteiger partial charge in [0.15, 0.2) is 0 Å². The molecule has 1 atom stereocenters. The molecule has 0 saturated carbocycles. The fourth-order valence-electron chi connectivity index (χ4n) is 4.44. The van der Waals surface area contributed by atoms with Gasteiger partial charge in [-0.1, -0.05) is 79.6 Å². The molecule has 214 valence electrons. The second-order valence-corrected chi connectivity index (χ2v) is 12.3. The van der Waals surface area contributed by atoms with Gasteiger partial charge in [-0.25, -0.2) is 8.42 Å². The number of carbonyl (C=O) groups excluding carboxylic acids is 2. The maximum absolute atomic E-state index is 14.1. The third-order valence-electron chi connectivity index (χ3n) is 7.03. The summed E-state index contributed by atoms with van der Waals surface area (Å²) in [6.45, 7) is 8.15. The van der Waals surface area contributed by atoms with Crippen molar-refractivity contribution in [3.05, 3.63) is 101 Å². The van der Waals surface area contributed by atoms with Crippen molar-refractivity contribution in [2.75, 3.05) is 23.7 Å². The lowest BCUT2D eigenvalue weighted by Gasteiger charge is -2.33. The molecule has 7 nitrogen and oxygen atoms in total. The molecule has 0 spiro atoms.